The third kappa shape index (κ3) is 5.24. The molecule has 9 heteroatoms. The van der Waals surface area contributed by atoms with E-state index in [0.29, 0.717) is 36.0 Å². The molecule has 11 atom stereocenters. The molecule has 0 aromatic rings. The highest BCUT2D eigenvalue weighted by atomic mass is 32.2. The summed E-state index contributed by atoms with van der Waals surface area (Å²) >= 11 is 0. The Balaban J connectivity index is 1.40. The van der Waals surface area contributed by atoms with Crippen LogP contribution in [0.2, 0.25) is 0 Å². The molecule has 8 nitrogen and oxygen atoms in total. The summed E-state index contributed by atoms with van der Waals surface area (Å²) in [5, 5.41) is 33.8. The van der Waals surface area contributed by atoms with Crippen molar-refractivity contribution in [2.75, 3.05) is 12.4 Å². The van der Waals surface area contributed by atoms with Crippen molar-refractivity contribution in [2.24, 2.45) is 46.3 Å². The quantitative estimate of drug-likeness (QED) is 0.304. The first-order valence-corrected chi connectivity index (χ1v) is 15.6. The van der Waals surface area contributed by atoms with Gasteiger partial charge >= 0.3 is 0 Å². The van der Waals surface area contributed by atoms with Gasteiger partial charge in [0, 0.05) is 6.42 Å². The van der Waals surface area contributed by atoms with Gasteiger partial charge in [-0.3, -0.25) is 9.35 Å². The highest BCUT2D eigenvalue weighted by Gasteiger charge is 2.63. The summed E-state index contributed by atoms with van der Waals surface area (Å²) < 4.78 is 31.2. The summed E-state index contributed by atoms with van der Waals surface area (Å²) in [4.78, 5) is 12.5. The molecule has 0 aromatic heterocycles. The normalized spacial score (nSPS) is 44.1. The van der Waals surface area contributed by atoms with E-state index >= 15 is 0 Å². The lowest BCUT2D eigenvalue weighted by Gasteiger charge is -2.62. The van der Waals surface area contributed by atoms with Crippen molar-refractivity contribution in [1.29, 1.82) is 0 Å². The monoisotopic (exact) mass is 529 g/mol. The number of carbonyl (C=O) groups excluding carboxylic acids is 1. The van der Waals surface area contributed by atoms with Crippen LogP contribution in [0.25, 0.3) is 0 Å². The van der Waals surface area contributed by atoms with Crippen LogP contribution in [-0.4, -0.2) is 64.8 Å². The van der Waals surface area contributed by atoms with Gasteiger partial charge in [0.2, 0.25) is 5.91 Å². The minimum atomic E-state index is -4.29. The average Bonchev–Trinajstić information content (AvgIpc) is 3.16. The Morgan fingerprint density at radius 1 is 1.06 bits per heavy atom. The largest absolute Gasteiger partial charge is 0.394 e. The molecule has 0 spiro atoms. The minimum absolute atomic E-state index is 0.173. The van der Waals surface area contributed by atoms with Crippen LogP contribution in [0, 0.1) is 46.3 Å². The number of hydrogen-bond donors (Lipinski definition) is 5. The molecular weight excluding hydrogens is 482 g/mol. The Kier molecular flexibility index (Phi) is 8.20. The van der Waals surface area contributed by atoms with Crippen LogP contribution in [0.5, 0.6) is 0 Å². The van der Waals surface area contributed by atoms with E-state index in [0.717, 1.165) is 38.5 Å². The van der Waals surface area contributed by atoms with Gasteiger partial charge in [0.25, 0.3) is 10.1 Å². The first kappa shape index (κ1) is 28.3. The van der Waals surface area contributed by atoms with Crippen LogP contribution in [0.4, 0.5) is 0 Å². The molecule has 0 radical (unpaired) electrons. The zero-order chi connectivity index (χ0) is 26.5. The minimum Gasteiger partial charge on any atom is -0.394 e. The van der Waals surface area contributed by atoms with Crippen molar-refractivity contribution in [3.05, 3.63) is 0 Å². The molecular formula is C27H47NO7S. The molecule has 4 fully saturated rings. The zero-order valence-electron chi connectivity index (χ0n) is 22.1. The van der Waals surface area contributed by atoms with Crippen LogP contribution in [-0.2, 0) is 14.9 Å². The lowest BCUT2D eigenvalue weighted by molar-refractivity contribution is -0.175. The fourth-order valence-corrected chi connectivity index (χ4v) is 10.1. The molecule has 36 heavy (non-hydrogen) atoms. The standard InChI is InChI=1S/C27H47NO7S/c1-16(4-9-25(32)28-18(14-29)15-36(33,34)35)21-7-8-22-20-6-5-17-12-19(30)10-11-26(17,2)23(20)13-24(31)27(21,22)3/h16-24,29-31H,4-15H2,1-3H3,(H,28,32)(H,33,34,35)/t16-,17-,18+,19-,20+,21-,22+,23+,24+,26+,27-/m1/s1. The van der Waals surface area contributed by atoms with E-state index in [-0.39, 0.29) is 41.3 Å². The zero-order valence-corrected chi connectivity index (χ0v) is 22.9. The van der Waals surface area contributed by atoms with E-state index < -0.39 is 28.5 Å². The van der Waals surface area contributed by atoms with Crippen LogP contribution in [0.1, 0.15) is 85.0 Å². The number of hydrogen-bond acceptors (Lipinski definition) is 6. The predicted molar refractivity (Wildman–Crippen MR) is 136 cm³/mol. The summed E-state index contributed by atoms with van der Waals surface area (Å²) in [6.45, 7) is 6.30. The number of nitrogens with one attached hydrogen (secondary N) is 1. The number of carbonyl (C=O) groups is 1. The average molecular weight is 530 g/mol. The summed E-state index contributed by atoms with van der Waals surface area (Å²) in [5.74, 6) is 1.65. The predicted octanol–water partition coefficient (Wildman–Crippen LogP) is 2.76. The Labute approximate surface area is 216 Å². The number of aliphatic hydroxyl groups excluding tert-OH is 3. The molecule has 0 bridgehead atoms. The van der Waals surface area contributed by atoms with Crippen molar-refractivity contribution in [1.82, 2.24) is 5.32 Å². The van der Waals surface area contributed by atoms with Gasteiger partial charge in [0.05, 0.1) is 30.6 Å². The molecule has 4 aliphatic rings. The van der Waals surface area contributed by atoms with Gasteiger partial charge in [0.15, 0.2) is 0 Å². The Hall–Kier alpha value is -0.740. The Morgan fingerprint density at radius 3 is 2.44 bits per heavy atom. The van der Waals surface area contributed by atoms with Gasteiger partial charge in [-0.15, -0.1) is 0 Å². The highest BCUT2D eigenvalue weighted by molar-refractivity contribution is 7.85. The lowest BCUT2D eigenvalue weighted by Crippen LogP contribution is -2.58. The lowest BCUT2D eigenvalue weighted by atomic mass is 9.43. The van der Waals surface area contributed by atoms with Crippen LogP contribution in [0.3, 0.4) is 0 Å². The molecule has 0 aliphatic heterocycles. The summed E-state index contributed by atoms with van der Waals surface area (Å²) in [7, 11) is -4.29. The number of aliphatic hydroxyl groups is 3. The van der Waals surface area contributed by atoms with Crippen LogP contribution >= 0.6 is 0 Å². The summed E-state index contributed by atoms with van der Waals surface area (Å²) in [6.07, 6.45) is 8.47. The molecule has 1 amide bonds. The molecule has 4 saturated carbocycles. The van der Waals surface area contributed by atoms with Crippen molar-refractivity contribution < 1.29 is 33.1 Å². The van der Waals surface area contributed by atoms with E-state index in [1.54, 1.807) is 0 Å². The van der Waals surface area contributed by atoms with E-state index in [1.165, 1.54) is 12.8 Å². The highest BCUT2D eigenvalue weighted by Crippen LogP contribution is 2.68. The van der Waals surface area contributed by atoms with E-state index in [9.17, 15) is 28.5 Å². The van der Waals surface area contributed by atoms with Crippen molar-refractivity contribution in [2.45, 2.75) is 103 Å². The van der Waals surface area contributed by atoms with Gasteiger partial charge in [-0.25, -0.2) is 0 Å². The number of amides is 1. The molecule has 208 valence electrons. The number of rotatable bonds is 8. The second kappa shape index (κ2) is 10.4. The maximum absolute atomic E-state index is 12.5. The van der Waals surface area contributed by atoms with E-state index in [2.05, 4.69) is 26.1 Å². The molecule has 0 aromatic carbocycles. The third-order valence-electron chi connectivity index (χ3n) is 11.3. The molecule has 0 heterocycles. The molecule has 0 saturated heterocycles. The van der Waals surface area contributed by atoms with Crippen molar-refractivity contribution in [3.63, 3.8) is 0 Å². The topological polar surface area (TPSA) is 144 Å². The number of fused-ring (bicyclic) bond motifs is 5. The Morgan fingerprint density at radius 2 is 1.78 bits per heavy atom. The van der Waals surface area contributed by atoms with Gasteiger partial charge in [-0.05, 0) is 104 Å². The summed E-state index contributed by atoms with van der Waals surface area (Å²) in [6, 6.07) is -1.02. The Bertz CT molecular complexity index is 912. The summed E-state index contributed by atoms with van der Waals surface area (Å²) in [5.41, 5.74) is 0.0323. The third-order valence-corrected chi connectivity index (χ3v) is 12.2. The molecule has 0 unspecified atom stereocenters. The van der Waals surface area contributed by atoms with Crippen LogP contribution in [0.15, 0.2) is 0 Å². The fraction of sp³-hybridized carbons (Fsp3) is 0.963. The molecule has 5 N–H and O–H groups in total. The maximum Gasteiger partial charge on any atom is 0.266 e. The molecule has 4 aliphatic carbocycles. The fourth-order valence-electron chi connectivity index (χ4n) is 9.41. The second-order valence-electron chi connectivity index (χ2n) is 13.1. The maximum atomic E-state index is 12.5. The van der Waals surface area contributed by atoms with E-state index in [4.69, 9.17) is 4.55 Å². The first-order valence-electron chi connectivity index (χ1n) is 14.0. The molecule has 4 rings (SSSR count). The van der Waals surface area contributed by atoms with E-state index in [1.807, 2.05) is 0 Å². The second-order valence-corrected chi connectivity index (χ2v) is 14.6. The van der Waals surface area contributed by atoms with Crippen molar-refractivity contribution in [3.8, 4) is 0 Å². The van der Waals surface area contributed by atoms with Crippen LogP contribution < -0.4 is 5.32 Å². The van der Waals surface area contributed by atoms with Gasteiger partial charge in [0.1, 0.15) is 0 Å². The smallest absolute Gasteiger partial charge is 0.266 e. The SMILES string of the molecule is C[C@H](CCC(=O)N[C@@H](CO)CS(=O)(=O)O)[C@H]1CC[C@H]2[C@@H]3CC[C@@H]4C[C@H](O)CC[C@]4(C)[C@H]3C[C@H](O)[C@]12C. The van der Waals surface area contributed by atoms with Crippen molar-refractivity contribution >= 4 is 16.0 Å². The van der Waals surface area contributed by atoms with Gasteiger partial charge in [-0.1, -0.05) is 20.8 Å². The van der Waals surface area contributed by atoms with Gasteiger partial charge < -0.3 is 20.6 Å². The first-order chi connectivity index (χ1) is 16.8. The van der Waals surface area contributed by atoms with Gasteiger partial charge in [-0.2, -0.15) is 8.42 Å².